The summed E-state index contributed by atoms with van der Waals surface area (Å²) in [7, 11) is 0. The Kier molecular flexibility index (Phi) is 5.53. The first kappa shape index (κ1) is 11.4. The van der Waals surface area contributed by atoms with Gasteiger partial charge in [-0.3, -0.25) is 4.90 Å². The van der Waals surface area contributed by atoms with Crippen molar-refractivity contribution in [2.45, 2.75) is 25.3 Å². The number of ether oxygens (including phenoxy) is 1. The van der Waals surface area contributed by atoms with Gasteiger partial charge in [-0.05, 0) is 25.8 Å². The number of piperidine rings is 1. The lowest BCUT2D eigenvalue weighted by Crippen LogP contribution is -2.40. The molecule has 1 saturated heterocycles. The van der Waals surface area contributed by atoms with Crippen LogP contribution in [-0.4, -0.2) is 49.0 Å². The number of likely N-dealkylation sites (tertiary alicyclic amines) is 1. The maximum Gasteiger partial charge on any atom is 0.0978 e. The van der Waals surface area contributed by atoms with E-state index in [1.165, 1.54) is 6.42 Å². The van der Waals surface area contributed by atoms with Gasteiger partial charge in [-0.1, -0.05) is 0 Å². The summed E-state index contributed by atoms with van der Waals surface area (Å²) in [6, 6.07) is 2.39. The summed E-state index contributed by atoms with van der Waals surface area (Å²) < 4.78 is 5.18. The lowest BCUT2D eigenvalue weighted by Gasteiger charge is -2.30. The molecule has 1 heterocycles. The Morgan fingerprint density at radius 2 is 2.29 bits per heavy atom. The molecule has 0 saturated carbocycles. The topological polar surface area (TPSA) is 56.5 Å². The van der Waals surface area contributed by atoms with Gasteiger partial charge in [-0.2, -0.15) is 5.26 Å². The molecule has 4 nitrogen and oxygen atoms in total. The number of nitriles is 1. The van der Waals surface area contributed by atoms with Crippen LogP contribution in [0.15, 0.2) is 0 Å². The van der Waals surface area contributed by atoms with E-state index >= 15 is 0 Å². The van der Waals surface area contributed by atoms with E-state index in [0.29, 0.717) is 13.2 Å². The van der Waals surface area contributed by atoms with Crippen LogP contribution >= 0.6 is 0 Å². The standard InChI is InChI=1S/C10H18N2O2/c11-9-10-3-1-2-4-12(10)5-7-14-8-6-13/h10,13H,1-8H2. The Labute approximate surface area is 85.1 Å². The Hall–Kier alpha value is -0.630. The van der Waals surface area contributed by atoms with Gasteiger partial charge >= 0.3 is 0 Å². The molecule has 0 aromatic heterocycles. The zero-order valence-corrected chi connectivity index (χ0v) is 8.48. The molecule has 0 radical (unpaired) electrons. The Morgan fingerprint density at radius 3 is 3.00 bits per heavy atom. The van der Waals surface area contributed by atoms with Crippen LogP contribution in [-0.2, 0) is 4.74 Å². The summed E-state index contributed by atoms with van der Waals surface area (Å²) in [5.41, 5.74) is 0. The molecule has 0 aromatic rings. The third-order valence-corrected chi connectivity index (χ3v) is 2.52. The zero-order valence-electron chi connectivity index (χ0n) is 8.48. The molecule has 1 fully saturated rings. The second-order valence-electron chi connectivity index (χ2n) is 3.51. The highest BCUT2D eigenvalue weighted by atomic mass is 16.5. The van der Waals surface area contributed by atoms with Crippen molar-refractivity contribution >= 4 is 0 Å². The molecule has 4 heteroatoms. The lowest BCUT2D eigenvalue weighted by atomic mass is 10.0. The number of hydrogen-bond acceptors (Lipinski definition) is 4. The molecule has 1 N–H and O–H groups in total. The summed E-state index contributed by atoms with van der Waals surface area (Å²) in [4.78, 5) is 2.17. The molecule has 0 bridgehead atoms. The van der Waals surface area contributed by atoms with Crippen molar-refractivity contribution in [1.82, 2.24) is 4.90 Å². The number of nitrogens with zero attached hydrogens (tertiary/aromatic N) is 2. The van der Waals surface area contributed by atoms with Crippen LogP contribution in [0.1, 0.15) is 19.3 Å². The van der Waals surface area contributed by atoms with E-state index in [4.69, 9.17) is 15.1 Å². The minimum absolute atomic E-state index is 0.0708. The van der Waals surface area contributed by atoms with Crippen molar-refractivity contribution < 1.29 is 9.84 Å². The van der Waals surface area contributed by atoms with E-state index in [1.807, 2.05) is 0 Å². The van der Waals surface area contributed by atoms with Crippen molar-refractivity contribution in [3.8, 4) is 6.07 Å². The van der Waals surface area contributed by atoms with Crippen molar-refractivity contribution in [3.05, 3.63) is 0 Å². The molecule has 0 spiro atoms. The van der Waals surface area contributed by atoms with Gasteiger partial charge in [0, 0.05) is 6.54 Å². The summed E-state index contributed by atoms with van der Waals surface area (Å²) in [5, 5.41) is 17.4. The quantitative estimate of drug-likeness (QED) is 0.649. The van der Waals surface area contributed by atoms with Crippen LogP contribution in [0.5, 0.6) is 0 Å². The molecule has 0 amide bonds. The SMILES string of the molecule is N#CC1CCCCN1CCOCCO. The van der Waals surface area contributed by atoms with E-state index < -0.39 is 0 Å². The monoisotopic (exact) mass is 198 g/mol. The maximum atomic E-state index is 8.89. The van der Waals surface area contributed by atoms with Crippen molar-refractivity contribution in [2.75, 3.05) is 32.9 Å². The van der Waals surface area contributed by atoms with E-state index in [0.717, 1.165) is 25.9 Å². The predicted molar refractivity (Wildman–Crippen MR) is 52.7 cm³/mol. The molecule has 1 rings (SSSR count). The molecule has 0 aromatic carbocycles. The fourth-order valence-electron chi connectivity index (χ4n) is 1.75. The van der Waals surface area contributed by atoms with Crippen LogP contribution in [0.25, 0.3) is 0 Å². The molecule has 1 aliphatic rings. The molecule has 1 aliphatic heterocycles. The molecule has 0 aliphatic carbocycles. The first-order chi connectivity index (χ1) is 6.88. The Balaban J connectivity index is 2.17. The third kappa shape index (κ3) is 3.62. The largest absolute Gasteiger partial charge is 0.394 e. The number of hydrogen-bond donors (Lipinski definition) is 1. The molecule has 1 atom stereocenters. The van der Waals surface area contributed by atoms with Crippen molar-refractivity contribution in [2.24, 2.45) is 0 Å². The van der Waals surface area contributed by atoms with Crippen LogP contribution < -0.4 is 0 Å². The fraction of sp³-hybridized carbons (Fsp3) is 0.900. The molecule has 80 valence electrons. The average Bonchev–Trinajstić information content (AvgIpc) is 2.25. The normalized spacial score (nSPS) is 23.3. The van der Waals surface area contributed by atoms with Gasteiger partial charge in [-0.15, -0.1) is 0 Å². The minimum atomic E-state index is 0.0708. The number of rotatable bonds is 5. The van der Waals surface area contributed by atoms with Gasteiger partial charge in [0.2, 0.25) is 0 Å². The van der Waals surface area contributed by atoms with Crippen molar-refractivity contribution in [1.29, 1.82) is 5.26 Å². The predicted octanol–water partition coefficient (Wildman–Crippen LogP) is 0.373. The molecular formula is C10H18N2O2. The third-order valence-electron chi connectivity index (χ3n) is 2.52. The number of aliphatic hydroxyl groups excluding tert-OH is 1. The maximum absolute atomic E-state index is 8.89. The highest BCUT2D eigenvalue weighted by Gasteiger charge is 2.20. The lowest BCUT2D eigenvalue weighted by molar-refractivity contribution is 0.0620. The summed E-state index contributed by atoms with van der Waals surface area (Å²) in [5.74, 6) is 0. The van der Waals surface area contributed by atoms with Gasteiger partial charge in [0.1, 0.15) is 0 Å². The van der Waals surface area contributed by atoms with Crippen LogP contribution in [0, 0.1) is 11.3 Å². The minimum Gasteiger partial charge on any atom is -0.394 e. The van der Waals surface area contributed by atoms with E-state index in [1.54, 1.807) is 0 Å². The molecular weight excluding hydrogens is 180 g/mol. The van der Waals surface area contributed by atoms with Crippen LogP contribution in [0.4, 0.5) is 0 Å². The first-order valence-electron chi connectivity index (χ1n) is 5.20. The van der Waals surface area contributed by atoms with Crippen LogP contribution in [0.2, 0.25) is 0 Å². The van der Waals surface area contributed by atoms with Gasteiger partial charge in [0.05, 0.1) is 31.9 Å². The summed E-state index contributed by atoms with van der Waals surface area (Å²) in [6.07, 6.45) is 3.32. The van der Waals surface area contributed by atoms with Gasteiger partial charge < -0.3 is 9.84 Å². The summed E-state index contributed by atoms with van der Waals surface area (Å²) in [6.45, 7) is 2.88. The van der Waals surface area contributed by atoms with E-state index in [-0.39, 0.29) is 12.6 Å². The highest BCUT2D eigenvalue weighted by Crippen LogP contribution is 2.15. The van der Waals surface area contributed by atoms with Crippen molar-refractivity contribution in [3.63, 3.8) is 0 Å². The van der Waals surface area contributed by atoms with E-state index in [9.17, 15) is 0 Å². The van der Waals surface area contributed by atoms with Gasteiger partial charge in [0.25, 0.3) is 0 Å². The number of aliphatic hydroxyl groups is 1. The van der Waals surface area contributed by atoms with Gasteiger partial charge in [-0.25, -0.2) is 0 Å². The smallest absolute Gasteiger partial charge is 0.0978 e. The molecule has 14 heavy (non-hydrogen) atoms. The fourth-order valence-corrected chi connectivity index (χ4v) is 1.75. The van der Waals surface area contributed by atoms with E-state index in [2.05, 4.69) is 11.0 Å². The molecule has 1 unspecified atom stereocenters. The Bertz CT molecular complexity index is 191. The summed E-state index contributed by atoms with van der Waals surface area (Å²) >= 11 is 0. The zero-order chi connectivity index (χ0) is 10.2. The highest BCUT2D eigenvalue weighted by molar-refractivity contribution is 4.93. The van der Waals surface area contributed by atoms with Gasteiger partial charge in [0.15, 0.2) is 0 Å². The second-order valence-corrected chi connectivity index (χ2v) is 3.51. The Morgan fingerprint density at radius 1 is 1.43 bits per heavy atom. The first-order valence-corrected chi connectivity index (χ1v) is 5.20. The van der Waals surface area contributed by atoms with Crippen LogP contribution in [0.3, 0.4) is 0 Å². The average molecular weight is 198 g/mol. The second kappa shape index (κ2) is 6.77.